The van der Waals surface area contributed by atoms with E-state index in [1.54, 1.807) is 41.8 Å². The van der Waals surface area contributed by atoms with E-state index in [4.69, 9.17) is 0 Å². The molecule has 0 radical (unpaired) electrons. The van der Waals surface area contributed by atoms with Gasteiger partial charge in [-0.25, -0.2) is 16.8 Å². The number of sulfonamides is 1. The van der Waals surface area contributed by atoms with Gasteiger partial charge in [0.25, 0.3) is 0 Å². The summed E-state index contributed by atoms with van der Waals surface area (Å²) in [4.78, 5) is 13.0. The fraction of sp³-hybridized carbons (Fsp3) is 0.211. The zero-order chi connectivity index (χ0) is 22.3. The number of hydrogen-bond acceptors (Lipinski definition) is 6. The summed E-state index contributed by atoms with van der Waals surface area (Å²) in [6, 6.07) is 11.3. The highest BCUT2D eigenvalue weighted by atomic mass is 32.2. The van der Waals surface area contributed by atoms with E-state index in [1.165, 1.54) is 23.9 Å². The lowest BCUT2D eigenvalue weighted by Gasteiger charge is -2.08. The number of rotatable bonds is 7. The van der Waals surface area contributed by atoms with Crippen molar-refractivity contribution in [3.05, 3.63) is 48.2 Å². The summed E-state index contributed by atoms with van der Waals surface area (Å²) < 4.78 is 51.1. The van der Waals surface area contributed by atoms with E-state index in [0.29, 0.717) is 27.2 Å². The molecule has 0 bridgehead atoms. The molecule has 11 heteroatoms. The van der Waals surface area contributed by atoms with Crippen LogP contribution in [0.4, 0.5) is 5.69 Å². The molecule has 0 aliphatic carbocycles. The molecule has 0 spiro atoms. The molecule has 0 aliphatic heterocycles. The first-order valence-corrected chi connectivity index (χ1v) is 13.3. The van der Waals surface area contributed by atoms with Gasteiger partial charge >= 0.3 is 5.97 Å². The van der Waals surface area contributed by atoms with Gasteiger partial charge in [0, 0.05) is 27.1 Å². The maximum atomic E-state index is 11.8. The predicted molar refractivity (Wildman–Crippen MR) is 116 cm³/mol. The van der Waals surface area contributed by atoms with E-state index in [2.05, 4.69) is 4.72 Å². The molecule has 0 aliphatic rings. The molecule has 160 valence electrons. The Bertz CT molecular complexity index is 1340. The fourth-order valence-electron chi connectivity index (χ4n) is 3.11. The molecular weight excluding hydrogens is 448 g/mol. The van der Waals surface area contributed by atoms with Crippen molar-refractivity contribution in [3.8, 4) is 0 Å². The number of aliphatic carboxylic acids is 1. The van der Waals surface area contributed by atoms with E-state index in [-0.39, 0.29) is 11.4 Å². The Kier molecular flexibility index (Phi) is 5.89. The van der Waals surface area contributed by atoms with Crippen molar-refractivity contribution in [2.24, 2.45) is 0 Å². The SMILES string of the molecule is Cc1c(Sc2ccc(S(C)(=O)=O)cc2)c2c(NS(C)(=O)=O)cccc2n1CC(=O)O. The van der Waals surface area contributed by atoms with Gasteiger partial charge in [-0.1, -0.05) is 17.8 Å². The van der Waals surface area contributed by atoms with Crippen molar-refractivity contribution < 1.29 is 26.7 Å². The zero-order valence-corrected chi connectivity index (χ0v) is 18.9. The summed E-state index contributed by atoms with van der Waals surface area (Å²) in [7, 11) is -6.89. The van der Waals surface area contributed by atoms with E-state index in [1.807, 2.05) is 0 Å². The van der Waals surface area contributed by atoms with Crippen LogP contribution < -0.4 is 4.72 Å². The van der Waals surface area contributed by atoms with E-state index < -0.39 is 25.8 Å². The standard InChI is InChI=1S/C19H20N2O6S3/c1-12-19(28-13-7-9-14(10-8-13)29(2,24)25)18-15(20-30(3,26)27)5-4-6-16(18)21(12)11-17(22)23/h4-10,20H,11H2,1-3H3,(H,22,23). The first-order chi connectivity index (χ1) is 13.9. The summed E-state index contributed by atoms with van der Waals surface area (Å²) >= 11 is 1.31. The molecule has 0 fully saturated rings. The number of carbonyl (C=O) groups is 1. The Morgan fingerprint density at radius 1 is 1.07 bits per heavy atom. The van der Waals surface area contributed by atoms with Gasteiger partial charge in [0.1, 0.15) is 6.54 Å². The molecule has 3 rings (SSSR count). The highest BCUT2D eigenvalue weighted by Crippen LogP contribution is 2.42. The summed E-state index contributed by atoms with van der Waals surface area (Å²) in [5.41, 5.74) is 1.59. The highest BCUT2D eigenvalue weighted by molar-refractivity contribution is 7.99. The molecule has 2 aromatic carbocycles. The molecule has 1 heterocycles. The smallest absolute Gasteiger partial charge is 0.323 e. The van der Waals surface area contributed by atoms with E-state index in [9.17, 15) is 26.7 Å². The van der Waals surface area contributed by atoms with Gasteiger partial charge in [0.05, 0.1) is 22.4 Å². The number of nitrogens with zero attached hydrogens (tertiary/aromatic N) is 1. The number of anilines is 1. The number of hydrogen-bond donors (Lipinski definition) is 2. The molecule has 8 nitrogen and oxygen atoms in total. The number of fused-ring (bicyclic) bond motifs is 1. The minimum atomic E-state index is -3.56. The van der Waals surface area contributed by atoms with Crippen LogP contribution in [-0.2, 0) is 31.2 Å². The van der Waals surface area contributed by atoms with Crippen molar-refractivity contribution in [1.29, 1.82) is 0 Å². The Hall–Kier alpha value is -2.50. The summed E-state index contributed by atoms with van der Waals surface area (Å²) in [6.45, 7) is 1.48. The second-order valence-corrected chi connectivity index (χ2v) is 11.7. The molecular formula is C19H20N2O6S3. The number of nitrogens with one attached hydrogen (secondary N) is 1. The van der Waals surface area contributed by atoms with Crippen LogP contribution in [0, 0.1) is 6.92 Å². The van der Waals surface area contributed by atoms with Gasteiger partial charge in [-0.2, -0.15) is 0 Å². The monoisotopic (exact) mass is 468 g/mol. The van der Waals surface area contributed by atoms with Crippen LogP contribution in [0.3, 0.4) is 0 Å². The molecule has 0 saturated carbocycles. The summed E-state index contributed by atoms with van der Waals surface area (Å²) in [6.07, 6.45) is 2.17. The van der Waals surface area contributed by atoms with Crippen LogP contribution >= 0.6 is 11.8 Å². The van der Waals surface area contributed by atoms with Crippen LogP contribution in [-0.4, -0.2) is 45.0 Å². The fourth-order valence-corrected chi connectivity index (χ4v) is 5.39. The average molecular weight is 469 g/mol. The number of carboxylic acid groups (broad SMARTS) is 1. The molecule has 3 aromatic rings. The highest BCUT2D eigenvalue weighted by Gasteiger charge is 2.21. The van der Waals surface area contributed by atoms with E-state index in [0.717, 1.165) is 17.4 Å². The molecule has 0 saturated heterocycles. The van der Waals surface area contributed by atoms with Gasteiger partial charge in [-0.15, -0.1) is 0 Å². The lowest BCUT2D eigenvalue weighted by Crippen LogP contribution is -2.10. The normalized spacial score (nSPS) is 12.2. The quantitative estimate of drug-likeness (QED) is 0.546. The maximum Gasteiger partial charge on any atom is 0.323 e. The second kappa shape index (κ2) is 7.97. The zero-order valence-electron chi connectivity index (χ0n) is 16.4. The number of carboxylic acids is 1. The number of aromatic nitrogens is 1. The van der Waals surface area contributed by atoms with Gasteiger partial charge in [0.2, 0.25) is 10.0 Å². The molecule has 0 amide bonds. The van der Waals surface area contributed by atoms with Crippen LogP contribution in [0.25, 0.3) is 10.9 Å². The third kappa shape index (κ3) is 4.79. The summed E-state index contributed by atoms with van der Waals surface area (Å²) in [5.74, 6) is -1.02. The maximum absolute atomic E-state index is 11.8. The topological polar surface area (TPSA) is 123 Å². The van der Waals surface area contributed by atoms with Crippen LogP contribution in [0.1, 0.15) is 5.69 Å². The molecule has 0 unspecified atom stereocenters. The van der Waals surface area contributed by atoms with Crippen molar-refractivity contribution in [3.63, 3.8) is 0 Å². The van der Waals surface area contributed by atoms with Crippen LogP contribution in [0.2, 0.25) is 0 Å². The van der Waals surface area contributed by atoms with Crippen molar-refractivity contribution in [1.82, 2.24) is 4.57 Å². The molecule has 0 atom stereocenters. The molecule has 1 aromatic heterocycles. The Morgan fingerprint density at radius 2 is 1.70 bits per heavy atom. The first kappa shape index (κ1) is 22.2. The third-order valence-electron chi connectivity index (χ3n) is 4.35. The van der Waals surface area contributed by atoms with Crippen molar-refractivity contribution >= 4 is 54.2 Å². The largest absolute Gasteiger partial charge is 0.480 e. The Labute approximate surface area is 178 Å². The molecule has 30 heavy (non-hydrogen) atoms. The van der Waals surface area contributed by atoms with Gasteiger partial charge in [0.15, 0.2) is 9.84 Å². The lowest BCUT2D eigenvalue weighted by atomic mass is 10.2. The van der Waals surface area contributed by atoms with Crippen LogP contribution in [0.5, 0.6) is 0 Å². The average Bonchev–Trinajstić information content (AvgIpc) is 2.86. The number of benzene rings is 2. The second-order valence-electron chi connectivity index (χ2n) is 6.81. The van der Waals surface area contributed by atoms with Gasteiger partial charge in [-0.3, -0.25) is 9.52 Å². The predicted octanol–water partition coefficient (Wildman–Crippen LogP) is 2.96. The van der Waals surface area contributed by atoms with Gasteiger partial charge in [-0.05, 0) is 43.3 Å². The van der Waals surface area contributed by atoms with Crippen molar-refractivity contribution in [2.75, 3.05) is 17.2 Å². The molecule has 2 N–H and O–H groups in total. The summed E-state index contributed by atoms with van der Waals surface area (Å²) in [5, 5.41) is 9.90. The van der Waals surface area contributed by atoms with Gasteiger partial charge < -0.3 is 9.67 Å². The first-order valence-electron chi connectivity index (χ1n) is 8.66. The Morgan fingerprint density at radius 3 is 2.23 bits per heavy atom. The minimum absolute atomic E-state index is 0.191. The Balaban J connectivity index is 2.19. The van der Waals surface area contributed by atoms with Crippen molar-refractivity contribution in [2.45, 2.75) is 28.2 Å². The minimum Gasteiger partial charge on any atom is -0.480 e. The van der Waals surface area contributed by atoms with Crippen LogP contribution in [0.15, 0.2) is 57.2 Å². The number of sulfone groups is 1. The lowest BCUT2D eigenvalue weighted by molar-refractivity contribution is -0.137. The third-order valence-corrected chi connectivity index (χ3v) is 7.29. The van der Waals surface area contributed by atoms with E-state index >= 15 is 0 Å².